The van der Waals surface area contributed by atoms with E-state index in [-0.39, 0.29) is 27.6 Å². The van der Waals surface area contributed by atoms with Crippen LogP contribution < -0.4 is 26.1 Å². The standard InChI is InChI=1S/C20H19ClF3N7O3S/c1-33-15-6-3-11(7-16(15)34-2)9-26-28-18-29-30-19(31(18)25)35-10-17(32)27-14-8-12(20(22,23)24)4-5-13(14)21/h3-9H,10,25H2,1-2H3,(H,27,32)(H,28,29)/b26-9+. The maximum Gasteiger partial charge on any atom is 0.416 e. The number of alkyl halides is 3. The van der Waals surface area contributed by atoms with Crippen LogP contribution in [0.4, 0.5) is 24.8 Å². The van der Waals surface area contributed by atoms with E-state index in [2.05, 4.69) is 26.0 Å². The molecule has 0 fully saturated rings. The van der Waals surface area contributed by atoms with Crippen molar-refractivity contribution in [1.29, 1.82) is 0 Å². The molecule has 0 spiro atoms. The number of halogens is 4. The molecule has 2 aromatic carbocycles. The van der Waals surface area contributed by atoms with Crippen molar-refractivity contribution in [2.24, 2.45) is 5.10 Å². The number of rotatable bonds is 9. The number of nitrogen functional groups attached to an aromatic ring is 1. The fourth-order valence-corrected chi connectivity index (χ4v) is 3.48. The quantitative estimate of drug-likeness (QED) is 0.165. The Labute approximate surface area is 206 Å². The second-order valence-electron chi connectivity index (χ2n) is 6.69. The Morgan fingerprint density at radius 1 is 1.20 bits per heavy atom. The van der Waals surface area contributed by atoms with Gasteiger partial charge in [0.1, 0.15) is 0 Å². The normalized spacial score (nSPS) is 11.5. The molecule has 0 bridgehead atoms. The van der Waals surface area contributed by atoms with Crippen molar-refractivity contribution in [2.75, 3.05) is 36.6 Å². The summed E-state index contributed by atoms with van der Waals surface area (Å²) in [5, 5.41) is 14.2. The van der Waals surface area contributed by atoms with Crippen molar-refractivity contribution < 1.29 is 27.4 Å². The van der Waals surface area contributed by atoms with Gasteiger partial charge in [0.05, 0.1) is 42.5 Å². The molecule has 0 aliphatic carbocycles. The molecule has 1 heterocycles. The van der Waals surface area contributed by atoms with Crippen molar-refractivity contribution in [2.45, 2.75) is 11.3 Å². The first-order valence-corrected chi connectivity index (χ1v) is 11.0. The van der Waals surface area contributed by atoms with E-state index < -0.39 is 17.6 Å². The molecule has 1 amide bonds. The third-order valence-corrected chi connectivity index (χ3v) is 5.62. The van der Waals surface area contributed by atoms with Gasteiger partial charge in [0.2, 0.25) is 11.1 Å². The predicted molar refractivity (Wildman–Crippen MR) is 127 cm³/mol. The molecule has 4 N–H and O–H groups in total. The van der Waals surface area contributed by atoms with Crippen LogP contribution in [0.1, 0.15) is 11.1 Å². The number of carbonyl (C=O) groups is 1. The maximum atomic E-state index is 12.9. The monoisotopic (exact) mass is 529 g/mol. The summed E-state index contributed by atoms with van der Waals surface area (Å²) in [7, 11) is 3.04. The highest BCUT2D eigenvalue weighted by atomic mass is 35.5. The van der Waals surface area contributed by atoms with E-state index in [1.807, 2.05) is 0 Å². The van der Waals surface area contributed by atoms with Crippen molar-refractivity contribution >= 4 is 47.1 Å². The smallest absolute Gasteiger partial charge is 0.416 e. The topological polar surface area (TPSA) is 129 Å². The summed E-state index contributed by atoms with van der Waals surface area (Å²) in [6.45, 7) is 0. The number of benzene rings is 2. The minimum atomic E-state index is -4.57. The lowest BCUT2D eigenvalue weighted by atomic mass is 10.2. The second-order valence-corrected chi connectivity index (χ2v) is 8.04. The van der Waals surface area contributed by atoms with Gasteiger partial charge in [0, 0.05) is 0 Å². The van der Waals surface area contributed by atoms with Gasteiger partial charge in [-0.3, -0.25) is 4.79 Å². The number of carbonyl (C=O) groups excluding carboxylic acids is 1. The molecule has 0 saturated carbocycles. The number of ether oxygens (including phenoxy) is 2. The Morgan fingerprint density at radius 3 is 2.63 bits per heavy atom. The molecule has 3 rings (SSSR count). The van der Waals surface area contributed by atoms with Crippen LogP contribution in [0, 0.1) is 0 Å². The molecule has 0 aliphatic rings. The van der Waals surface area contributed by atoms with Crippen molar-refractivity contribution in [1.82, 2.24) is 14.9 Å². The lowest BCUT2D eigenvalue weighted by Gasteiger charge is -2.11. The summed E-state index contributed by atoms with van der Waals surface area (Å²) >= 11 is 6.81. The number of nitrogens with zero attached hydrogens (tertiary/aromatic N) is 4. The molecule has 1 aromatic heterocycles. The van der Waals surface area contributed by atoms with Crippen LogP contribution in [0.5, 0.6) is 11.5 Å². The summed E-state index contributed by atoms with van der Waals surface area (Å²) in [6, 6.07) is 7.84. The average molecular weight is 530 g/mol. The van der Waals surface area contributed by atoms with Gasteiger partial charge < -0.3 is 20.6 Å². The van der Waals surface area contributed by atoms with Gasteiger partial charge in [-0.1, -0.05) is 23.4 Å². The molecule has 0 aliphatic heterocycles. The van der Waals surface area contributed by atoms with Crippen LogP contribution in [-0.4, -0.2) is 47.0 Å². The van der Waals surface area contributed by atoms with Crippen molar-refractivity contribution in [3.8, 4) is 11.5 Å². The van der Waals surface area contributed by atoms with E-state index >= 15 is 0 Å². The molecule has 0 atom stereocenters. The van der Waals surface area contributed by atoms with E-state index in [9.17, 15) is 18.0 Å². The Bertz CT molecular complexity index is 1240. The average Bonchev–Trinajstić information content (AvgIpc) is 3.17. The Morgan fingerprint density at radius 2 is 1.94 bits per heavy atom. The molecule has 0 saturated heterocycles. The summed E-state index contributed by atoms with van der Waals surface area (Å²) < 4.78 is 50.1. The van der Waals surface area contributed by atoms with Gasteiger partial charge in [0.25, 0.3) is 5.95 Å². The molecule has 3 aromatic rings. The highest BCUT2D eigenvalue weighted by Gasteiger charge is 2.31. The largest absolute Gasteiger partial charge is 0.493 e. The first-order valence-electron chi connectivity index (χ1n) is 9.63. The van der Waals surface area contributed by atoms with E-state index in [0.717, 1.165) is 34.6 Å². The molecule has 186 valence electrons. The van der Waals surface area contributed by atoms with Crippen LogP contribution in [0.3, 0.4) is 0 Å². The van der Waals surface area contributed by atoms with Gasteiger partial charge in [-0.2, -0.15) is 18.3 Å². The zero-order valence-electron chi connectivity index (χ0n) is 18.3. The first kappa shape index (κ1) is 26.0. The molecular weight excluding hydrogens is 511 g/mol. The Hall–Kier alpha value is -3.65. The maximum absolute atomic E-state index is 12.9. The number of hydrogen-bond donors (Lipinski definition) is 3. The number of nitrogens with two attached hydrogens (primary N) is 1. The molecular formula is C20H19ClF3N7O3S. The number of aromatic nitrogens is 3. The van der Waals surface area contributed by atoms with Gasteiger partial charge in [-0.05, 0) is 42.0 Å². The number of anilines is 2. The second kappa shape index (κ2) is 11.2. The Balaban J connectivity index is 1.58. The summed E-state index contributed by atoms with van der Waals surface area (Å²) in [5.74, 6) is 6.28. The number of nitrogens with one attached hydrogen (secondary N) is 2. The molecule has 35 heavy (non-hydrogen) atoms. The number of hydrazone groups is 1. The lowest BCUT2D eigenvalue weighted by Crippen LogP contribution is -2.17. The molecule has 0 unspecified atom stereocenters. The number of amides is 1. The molecule has 0 radical (unpaired) electrons. The van der Waals surface area contributed by atoms with E-state index in [0.29, 0.717) is 17.1 Å². The van der Waals surface area contributed by atoms with Crippen LogP contribution >= 0.6 is 23.4 Å². The van der Waals surface area contributed by atoms with Crippen molar-refractivity contribution in [3.05, 3.63) is 52.5 Å². The van der Waals surface area contributed by atoms with Gasteiger partial charge in [-0.25, -0.2) is 10.1 Å². The highest BCUT2D eigenvalue weighted by molar-refractivity contribution is 7.99. The van der Waals surface area contributed by atoms with Crippen LogP contribution in [0.25, 0.3) is 0 Å². The van der Waals surface area contributed by atoms with E-state index in [1.54, 1.807) is 18.2 Å². The molecule has 10 nitrogen and oxygen atoms in total. The number of methoxy groups -OCH3 is 2. The van der Waals surface area contributed by atoms with Crippen LogP contribution in [-0.2, 0) is 11.0 Å². The van der Waals surface area contributed by atoms with Crippen LogP contribution in [0.15, 0.2) is 46.7 Å². The van der Waals surface area contributed by atoms with E-state index in [1.165, 1.54) is 20.4 Å². The zero-order valence-corrected chi connectivity index (χ0v) is 19.8. The summed E-state index contributed by atoms with van der Waals surface area (Å²) in [5.41, 5.74) is 2.24. The molecule has 15 heteroatoms. The van der Waals surface area contributed by atoms with Gasteiger partial charge in [-0.15, -0.1) is 10.2 Å². The fraction of sp³-hybridized carbons (Fsp3) is 0.200. The summed E-state index contributed by atoms with van der Waals surface area (Å²) in [4.78, 5) is 12.2. The fourth-order valence-electron chi connectivity index (χ4n) is 2.66. The Kier molecular flexibility index (Phi) is 8.30. The number of thioether (sulfide) groups is 1. The third-order valence-electron chi connectivity index (χ3n) is 4.35. The van der Waals surface area contributed by atoms with Crippen molar-refractivity contribution in [3.63, 3.8) is 0 Å². The number of hydrogen-bond acceptors (Lipinski definition) is 9. The minimum absolute atomic E-state index is 0.0304. The summed E-state index contributed by atoms with van der Waals surface area (Å²) in [6.07, 6.45) is -3.07. The zero-order chi connectivity index (χ0) is 25.6. The SMILES string of the molecule is COc1ccc(/C=N/Nc2nnc(SCC(=O)Nc3cc(C(F)(F)F)ccc3Cl)n2N)cc1OC. The van der Waals surface area contributed by atoms with Gasteiger partial charge >= 0.3 is 6.18 Å². The third kappa shape index (κ3) is 6.70. The van der Waals surface area contributed by atoms with Crippen LogP contribution in [0.2, 0.25) is 5.02 Å². The predicted octanol–water partition coefficient (Wildman–Crippen LogP) is 3.86. The van der Waals surface area contributed by atoms with Gasteiger partial charge in [0.15, 0.2) is 11.5 Å². The lowest BCUT2D eigenvalue weighted by molar-refractivity contribution is -0.137. The minimum Gasteiger partial charge on any atom is -0.493 e. The first-order chi connectivity index (χ1) is 16.6. The highest BCUT2D eigenvalue weighted by Crippen LogP contribution is 2.34. The van der Waals surface area contributed by atoms with E-state index in [4.69, 9.17) is 26.9 Å².